The van der Waals surface area contributed by atoms with Gasteiger partial charge in [0.25, 0.3) is 11.8 Å². The SMILES string of the molecule is O=C(COc1ccc(Cl)cc1)NCC(=O)N/N=C\c1ccco1. The Balaban J connectivity index is 1.63. The summed E-state index contributed by atoms with van der Waals surface area (Å²) in [5, 5.41) is 6.67. The first kappa shape index (κ1) is 16.6. The lowest BCUT2D eigenvalue weighted by Crippen LogP contribution is -2.37. The molecule has 2 N–H and O–H groups in total. The highest BCUT2D eigenvalue weighted by molar-refractivity contribution is 6.30. The van der Waals surface area contributed by atoms with Gasteiger partial charge in [0.1, 0.15) is 11.5 Å². The van der Waals surface area contributed by atoms with Crippen molar-refractivity contribution in [1.82, 2.24) is 10.7 Å². The van der Waals surface area contributed by atoms with Crippen LogP contribution in [0.25, 0.3) is 0 Å². The van der Waals surface area contributed by atoms with Gasteiger partial charge in [-0.3, -0.25) is 9.59 Å². The zero-order chi connectivity index (χ0) is 16.5. The van der Waals surface area contributed by atoms with E-state index in [0.29, 0.717) is 16.5 Å². The monoisotopic (exact) mass is 335 g/mol. The highest BCUT2D eigenvalue weighted by Crippen LogP contribution is 2.15. The van der Waals surface area contributed by atoms with Crippen LogP contribution in [0.4, 0.5) is 0 Å². The minimum Gasteiger partial charge on any atom is -0.484 e. The van der Waals surface area contributed by atoms with Crippen molar-refractivity contribution in [3.8, 4) is 5.75 Å². The first-order valence-electron chi connectivity index (χ1n) is 6.64. The summed E-state index contributed by atoms with van der Waals surface area (Å²) in [6, 6.07) is 9.98. The van der Waals surface area contributed by atoms with Crippen LogP contribution in [0.15, 0.2) is 52.2 Å². The Bertz CT molecular complexity index is 669. The maximum Gasteiger partial charge on any atom is 0.259 e. The molecule has 1 aromatic carbocycles. The van der Waals surface area contributed by atoms with Gasteiger partial charge in [0.05, 0.1) is 19.0 Å². The Morgan fingerprint density at radius 3 is 2.70 bits per heavy atom. The first-order chi connectivity index (χ1) is 11.1. The minimum absolute atomic E-state index is 0.204. The average molecular weight is 336 g/mol. The number of ether oxygens (including phenoxy) is 1. The van der Waals surface area contributed by atoms with E-state index in [-0.39, 0.29) is 13.2 Å². The van der Waals surface area contributed by atoms with E-state index in [1.165, 1.54) is 12.5 Å². The topological polar surface area (TPSA) is 92.9 Å². The molecule has 0 spiro atoms. The maximum absolute atomic E-state index is 11.6. The molecule has 0 radical (unpaired) electrons. The third-order valence-electron chi connectivity index (χ3n) is 2.55. The van der Waals surface area contributed by atoms with E-state index in [9.17, 15) is 9.59 Å². The van der Waals surface area contributed by atoms with Crippen molar-refractivity contribution in [2.75, 3.05) is 13.2 Å². The van der Waals surface area contributed by atoms with Gasteiger partial charge < -0.3 is 14.5 Å². The molecule has 0 saturated heterocycles. The van der Waals surface area contributed by atoms with Gasteiger partial charge in [-0.25, -0.2) is 5.43 Å². The lowest BCUT2D eigenvalue weighted by molar-refractivity contribution is -0.127. The molecule has 120 valence electrons. The van der Waals surface area contributed by atoms with Crippen LogP contribution in [0.5, 0.6) is 5.75 Å². The van der Waals surface area contributed by atoms with E-state index < -0.39 is 11.8 Å². The van der Waals surface area contributed by atoms with Gasteiger partial charge in [0, 0.05) is 5.02 Å². The first-order valence-corrected chi connectivity index (χ1v) is 7.02. The fraction of sp³-hybridized carbons (Fsp3) is 0.133. The highest BCUT2D eigenvalue weighted by atomic mass is 35.5. The van der Waals surface area contributed by atoms with E-state index in [2.05, 4.69) is 15.8 Å². The van der Waals surface area contributed by atoms with Crippen molar-refractivity contribution in [2.24, 2.45) is 5.10 Å². The van der Waals surface area contributed by atoms with Crippen molar-refractivity contribution in [3.63, 3.8) is 0 Å². The summed E-state index contributed by atoms with van der Waals surface area (Å²) < 4.78 is 10.2. The third-order valence-corrected chi connectivity index (χ3v) is 2.81. The van der Waals surface area contributed by atoms with Crippen LogP contribution in [-0.2, 0) is 9.59 Å². The number of rotatable bonds is 7. The molecule has 2 rings (SSSR count). The molecule has 0 saturated carbocycles. The molecule has 0 bridgehead atoms. The number of hydrogen-bond acceptors (Lipinski definition) is 5. The summed E-state index contributed by atoms with van der Waals surface area (Å²) in [5.74, 6) is 0.125. The quantitative estimate of drug-likeness (QED) is 0.593. The number of amides is 2. The Morgan fingerprint density at radius 1 is 1.22 bits per heavy atom. The van der Waals surface area contributed by atoms with E-state index >= 15 is 0 Å². The molecular weight excluding hydrogens is 322 g/mol. The van der Waals surface area contributed by atoms with Gasteiger partial charge in [-0.1, -0.05) is 11.6 Å². The molecular formula is C15H14ClN3O4. The number of carbonyl (C=O) groups is 2. The highest BCUT2D eigenvalue weighted by Gasteiger charge is 2.05. The Morgan fingerprint density at radius 2 is 2.00 bits per heavy atom. The van der Waals surface area contributed by atoms with E-state index in [1.54, 1.807) is 36.4 Å². The summed E-state index contributed by atoms with van der Waals surface area (Å²) in [4.78, 5) is 23.0. The summed E-state index contributed by atoms with van der Waals surface area (Å²) in [6.45, 7) is -0.414. The molecule has 0 aliphatic carbocycles. The summed E-state index contributed by atoms with van der Waals surface area (Å²) in [7, 11) is 0. The number of halogens is 1. The normalized spacial score (nSPS) is 10.5. The van der Waals surface area contributed by atoms with Crippen LogP contribution in [0.2, 0.25) is 5.02 Å². The Kier molecular flexibility index (Phi) is 6.19. The molecule has 2 aromatic rings. The number of nitrogens with zero attached hydrogens (tertiary/aromatic N) is 1. The van der Waals surface area contributed by atoms with Gasteiger partial charge in [-0.2, -0.15) is 5.10 Å². The predicted molar refractivity (Wildman–Crippen MR) is 84.4 cm³/mol. The van der Waals surface area contributed by atoms with Crippen molar-refractivity contribution < 1.29 is 18.7 Å². The molecule has 0 unspecified atom stereocenters. The second kappa shape index (κ2) is 8.60. The van der Waals surface area contributed by atoms with Gasteiger partial charge >= 0.3 is 0 Å². The summed E-state index contributed by atoms with van der Waals surface area (Å²) >= 11 is 5.74. The van der Waals surface area contributed by atoms with Gasteiger partial charge in [-0.15, -0.1) is 0 Å². The van der Waals surface area contributed by atoms with Crippen LogP contribution < -0.4 is 15.5 Å². The number of hydrogen-bond donors (Lipinski definition) is 2. The number of benzene rings is 1. The molecule has 7 nitrogen and oxygen atoms in total. The van der Waals surface area contributed by atoms with Crippen LogP contribution >= 0.6 is 11.6 Å². The molecule has 0 aliphatic heterocycles. The molecule has 0 atom stereocenters. The molecule has 8 heteroatoms. The maximum atomic E-state index is 11.6. The average Bonchev–Trinajstić information content (AvgIpc) is 3.06. The fourth-order valence-electron chi connectivity index (χ4n) is 1.48. The van der Waals surface area contributed by atoms with Crippen LogP contribution in [0.3, 0.4) is 0 Å². The van der Waals surface area contributed by atoms with Crippen molar-refractivity contribution in [1.29, 1.82) is 0 Å². The van der Waals surface area contributed by atoms with Crippen molar-refractivity contribution >= 4 is 29.6 Å². The van der Waals surface area contributed by atoms with Gasteiger partial charge in [-0.05, 0) is 36.4 Å². The number of furan rings is 1. The second-order valence-corrected chi connectivity index (χ2v) is 4.76. The molecule has 0 fully saturated rings. The Hall–Kier alpha value is -2.80. The van der Waals surface area contributed by atoms with E-state index in [4.69, 9.17) is 20.8 Å². The smallest absolute Gasteiger partial charge is 0.259 e. The summed E-state index contributed by atoms with van der Waals surface area (Å²) in [6.07, 6.45) is 2.84. The van der Waals surface area contributed by atoms with Gasteiger partial charge in [0.2, 0.25) is 0 Å². The summed E-state index contributed by atoms with van der Waals surface area (Å²) in [5.41, 5.74) is 2.26. The molecule has 23 heavy (non-hydrogen) atoms. The molecule has 1 aromatic heterocycles. The lowest BCUT2D eigenvalue weighted by Gasteiger charge is -2.06. The number of hydrazone groups is 1. The molecule has 2 amide bonds. The van der Waals surface area contributed by atoms with Crippen molar-refractivity contribution in [2.45, 2.75) is 0 Å². The zero-order valence-electron chi connectivity index (χ0n) is 12.0. The largest absolute Gasteiger partial charge is 0.484 e. The molecule has 1 heterocycles. The van der Waals surface area contributed by atoms with Crippen LogP contribution in [0.1, 0.15) is 5.76 Å². The minimum atomic E-state index is -0.465. The zero-order valence-corrected chi connectivity index (χ0v) is 12.7. The fourth-order valence-corrected chi connectivity index (χ4v) is 1.61. The standard InChI is InChI=1S/C15H14ClN3O4/c16-11-3-5-12(6-4-11)23-10-15(21)17-9-14(20)19-18-8-13-2-1-7-22-13/h1-8H,9-10H2,(H,17,21)(H,19,20)/b18-8-. The Labute approximate surface area is 137 Å². The second-order valence-electron chi connectivity index (χ2n) is 4.33. The third kappa shape index (κ3) is 6.23. The van der Waals surface area contributed by atoms with Crippen LogP contribution in [-0.4, -0.2) is 31.2 Å². The van der Waals surface area contributed by atoms with E-state index in [1.807, 2.05) is 0 Å². The lowest BCUT2D eigenvalue weighted by atomic mass is 10.3. The van der Waals surface area contributed by atoms with Gasteiger partial charge in [0.15, 0.2) is 6.61 Å². The predicted octanol–water partition coefficient (Wildman–Crippen LogP) is 1.58. The molecule has 0 aliphatic rings. The van der Waals surface area contributed by atoms with E-state index in [0.717, 1.165) is 0 Å². The number of carbonyl (C=O) groups excluding carboxylic acids is 2. The number of nitrogens with one attached hydrogen (secondary N) is 2. The van der Waals surface area contributed by atoms with Crippen LogP contribution in [0, 0.1) is 0 Å². The van der Waals surface area contributed by atoms with Crippen molar-refractivity contribution in [3.05, 3.63) is 53.4 Å².